The van der Waals surface area contributed by atoms with Crippen LogP contribution in [-0.2, 0) is 20.8 Å². The number of hydrogen-bond acceptors (Lipinski definition) is 5. The predicted octanol–water partition coefficient (Wildman–Crippen LogP) is 3.29. The van der Waals surface area contributed by atoms with Gasteiger partial charge in [0.05, 0.1) is 23.6 Å². The number of furan rings is 1. The number of aliphatic carboxylic acids is 1. The number of imide groups is 1. The fourth-order valence-corrected chi connectivity index (χ4v) is 4.87. The SMILES string of the molecule is CCc1ccc(N2C(=O)C3C(c4cc5ccccc5o4)NC(C)(C(=O)O)C3C2=O)cc1. The van der Waals surface area contributed by atoms with Crippen molar-refractivity contribution in [1.82, 2.24) is 5.32 Å². The smallest absolute Gasteiger partial charge is 0.324 e. The molecule has 4 unspecified atom stereocenters. The lowest BCUT2D eigenvalue weighted by atomic mass is 9.81. The van der Waals surface area contributed by atoms with Crippen LogP contribution in [0.15, 0.2) is 59.0 Å². The van der Waals surface area contributed by atoms with Crippen LogP contribution in [0.3, 0.4) is 0 Å². The van der Waals surface area contributed by atoms with Crippen molar-refractivity contribution < 1.29 is 23.9 Å². The lowest BCUT2D eigenvalue weighted by molar-refractivity contribution is -0.147. The van der Waals surface area contributed by atoms with Crippen LogP contribution in [0.1, 0.15) is 31.2 Å². The van der Waals surface area contributed by atoms with Crippen molar-refractivity contribution in [3.63, 3.8) is 0 Å². The van der Waals surface area contributed by atoms with Crippen molar-refractivity contribution in [3.8, 4) is 0 Å². The number of benzene rings is 2. The number of nitrogens with zero attached hydrogens (tertiary/aromatic N) is 1. The fraction of sp³-hybridized carbons (Fsp3) is 0.292. The Kier molecular flexibility index (Phi) is 4.27. The molecule has 0 bridgehead atoms. The van der Waals surface area contributed by atoms with Crippen molar-refractivity contribution in [2.45, 2.75) is 31.8 Å². The molecule has 2 aliphatic heterocycles. The van der Waals surface area contributed by atoms with Gasteiger partial charge in [-0.3, -0.25) is 19.7 Å². The lowest BCUT2D eigenvalue weighted by Gasteiger charge is -2.26. The Morgan fingerprint density at radius 2 is 1.84 bits per heavy atom. The number of amides is 2. The standard InChI is InChI=1S/C24H22N2O5/c1-3-13-8-10-15(11-9-13)26-21(27)18-19(22(26)28)24(2,23(29)30)25-20(18)17-12-14-6-4-5-7-16(14)31-17/h4-12,18-20,25H,3H2,1-2H3,(H,29,30). The summed E-state index contributed by atoms with van der Waals surface area (Å²) in [6, 6.07) is 15.7. The summed E-state index contributed by atoms with van der Waals surface area (Å²) < 4.78 is 5.95. The van der Waals surface area contributed by atoms with E-state index in [-0.39, 0.29) is 0 Å². The quantitative estimate of drug-likeness (QED) is 0.631. The highest BCUT2D eigenvalue weighted by Gasteiger charge is 2.67. The average molecular weight is 418 g/mol. The van der Waals surface area contributed by atoms with E-state index in [1.807, 2.05) is 43.3 Å². The second kappa shape index (κ2) is 6.78. The molecule has 7 nitrogen and oxygen atoms in total. The molecular weight excluding hydrogens is 396 g/mol. The number of aryl methyl sites for hydroxylation is 1. The topological polar surface area (TPSA) is 99.8 Å². The van der Waals surface area contributed by atoms with Crippen LogP contribution in [-0.4, -0.2) is 28.4 Å². The van der Waals surface area contributed by atoms with Crippen molar-refractivity contribution in [2.24, 2.45) is 11.8 Å². The minimum absolute atomic E-state index is 0.415. The van der Waals surface area contributed by atoms with Gasteiger partial charge in [0, 0.05) is 5.39 Å². The number of anilines is 1. The van der Waals surface area contributed by atoms with Gasteiger partial charge in [-0.1, -0.05) is 37.3 Å². The fourth-order valence-electron chi connectivity index (χ4n) is 4.87. The highest BCUT2D eigenvalue weighted by molar-refractivity contribution is 6.24. The molecule has 0 radical (unpaired) electrons. The van der Waals surface area contributed by atoms with E-state index in [1.54, 1.807) is 18.2 Å². The Hall–Kier alpha value is -3.45. The second-order valence-electron chi connectivity index (χ2n) is 8.35. The van der Waals surface area contributed by atoms with Crippen LogP contribution in [0.2, 0.25) is 0 Å². The van der Waals surface area contributed by atoms with E-state index in [0.29, 0.717) is 17.0 Å². The highest BCUT2D eigenvalue weighted by atomic mass is 16.4. The summed E-state index contributed by atoms with van der Waals surface area (Å²) in [4.78, 5) is 40.2. The third-order valence-electron chi connectivity index (χ3n) is 6.59. The number of carbonyl (C=O) groups is 3. The van der Waals surface area contributed by atoms with Gasteiger partial charge in [0.25, 0.3) is 0 Å². The molecule has 2 amide bonds. The minimum atomic E-state index is -1.60. The number of hydrogen-bond donors (Lipinski definition) is 2. The van der Waals surface area contributed by atoms with E-state index < -0.39 is 41.2 Å². The third kappa shape index (κ3) is 2.73. The zero-order valence-electron chi connectivity index (χ0n) is 17.2. The number of nitrogens with one attached hydrogen (secondary N) is 1. The first-order chi connectivity index (χ1) is 14.8. The molecule has 158 valence electrons. The Balaban J connectivity index is 1.60. The molecular formula is C24H22N2O5. The summed E-state index contributed by atoms with van der Waals surface area (Å²) in [5.41, 5.74) is 0.584. The second-order valence-corrected chi connectivity index (χ2v) is 8.35. The predicted molar refractivity (Wildman–Crippen MR) is 113 cm³/mol. The van der Waals surface area contributed by atoms with E-state index in [9.17, 15) is 19.5 Å². The van der Waals surface area contributed by atoms with Gasteiger partial charge in [-0.2, -0.15) is 0 Å². The third-order valence-corrected chi connectivity index (χ3v) is 6.59. The van der Waals surface area contributed by atoms with Crippen molar-refractivity contribution >= 4 is 34.4 Å². The van der Waals surface area contributed by atoms with Crippen LogP contribution >= 0.6 is 0 Å². The van der Waals surface area contributed by atoms with Gasteiger partial charge >= 0.3 is 5.97 Å². The number of rotatable bonds is 4. The van der Waals surface area contributed by atoms with Crippen LogP contribution < -0.4 is 10.2 Å². The first-order valence-corrected chi connectivity index (χ1v) is 10.3. The van der Waals surface area contributed by atoms with E-state index in [4.69, 9.17) is 4.42 Å². The zero-order valence-corrected chi connectivity index (χ0v) is 17.2. The number of carbonyl (C=O) groups excluding carboxylic acids is 2. The number of carboxylic acid groups (broad SMARTS) is 1. The number of fused-ring (bicyclic) bond motifs is 2. The highest BCUT2D eigenvalue weighted by Crippen LogP contribution is 2.50. The van der Waals surface area contributed by atoms with Crippen LogP contribution in [0.4, 0.5) is 5.69 Å². The average Bonchev–Trinajstić information content (AvgIpc) is 3.40. The molecule has 3 heterocycles. The molecule has 2 N–H and O–H groups in total. The minimum Gasteiger partial charge on any atom is -0.480 e. The van der Waals surface area contributed by atoms with Gasteiger partial charge in [-0.15, -0.1) is 0 Å². The summed E-state index contributed by atoms with van der Waals surface area (Å²) in [5.74, 6) is -3.56. The van der Waals surface area contributed by atoms with E-state index in [1.165, 1.54) is 6.92 Å². The lowest BCUT2D eigenvalue weighted by Crippen LogP contribution is -2.53. The Morgan fingerprint density at radius 1 is 1.13 bits per heavy atom. The zero-order chi connectivity index (χ0) is 21.9. The molecule has 7 heteroatoms. The molecule has 4 atom stereocenters. The Morgan fingerprint density at radius 3 is 2.48 bits per heavy atom. The molecule has 5 rings (SSSR count). The molecule has 0 spiro atoms. The van der Waals surface area contributed by atoms with Crippen molar-refractivity contribution in [3.05, 3.63) is 65.9 Å². The van der Waals surface area contributed by atoms with Crippen LogP contribution in [0, 0.1) is 11.8 Å². The summed E-state index contributed by atoms with van der Waals surface area (Å²) in [6.07, 6.45) is 0.836. The van der Waals surface area contributed by atoms with Crippen molar-refractivity contribution in [2.75, 3.05) is 4.90 Å². The van der Waals surface area contributed by atoms with Gasteiger partial charge in [0.2, 0.25) is 11.8 Å². The van der Waals surface area contributed by atoms with E-state index in [2.05, 4.69) is 5.32 Å². The van der Waals surface area contributed by atoms with Crippen LogP contribution in [0.5, 0.6) is 0 Å². The number of carboxylic acids is 1. The maximum Gasteiger partial charge on any atom is 0.324 e. The molecule has 0 saturated carbocycles. The molecule has 2 aliphatic rings. The molecule has 3 aromatic rings. The van der Waals surface area contributed by atoms with E-state index in [0.717, 1.165) is 22.3 Å². The van der Waals surface area contributed by atoms with Gasteiger partial charge < -0.3 is 9.52 Å². The summed E-state index contributed by atoms with van der Waals surface area (Å²) in [5, 5.41) is 13.9. The molecule has 2 fully saturated rings. The molecule has 2 saturated heterocycles. The first kappa shape index (κ1) is 19.5. The summed E-state index contributed by atoms with van der Waals surface area (Å²) in [7, 11) is 0. The Bertz CT molecular complexity index is 1180. The monoisotopic (exact) mass is 418 g/mol. The molecule has 1 aromatic heterocycles. The van der Waals surface area contributed by atoms with Gasteiger partial charge in [0.15, 0.2) is 0 Å². The largest absolute Gasteiger partial charge is 0.480 e. The van der Waals surface area contributed by atoms with E-state index >= 15 is 0 Å². The van der Waals surface area contributed by atoms with Gasteiger partial charge in [0.1, 0.15) is 16.9 Å². The van der Waals surface area contributed by atoms with Gasteiger partial charge in [-0.05, 0) is 43.2 Å². The molecule has 0 aliphatic carbocycles. The maximum atomic E-state index is 13.5. The van der Waals surface area contributed by atoms with Crippen molar-refractivity contribution in [1.29, 1.82) is 0 Å². The molecule has 2 aromatic carbocycles. The maximum absolute atomic E-state index is 13.5. The Labute approximate surface area is 178 Å². The number of para-hydroxylation sites is 1. The summed E-state index contributed by atoms with van der Waals surface area (Å²) in [6.45, 7) is 3.48. The molecule has 31 heavy (non-hydrogen) atoms. The summed E-state index contributed by atoms with van der Waals surface area (Å²) >= 11 is 0. The van der Waals surface area contributed by atoms with Gasteiger partial charge in [-0.25, -0.2) is 4.90 Å². The van der Waals surface area contributed by atoms with Crippen LogP contribution in [0.25, 0.3) is 11.0 Å². The normalized spacial score (nSPS) is 27.8. The first-order valence-electron chi connectivity index (χ1n) is 10.3.